The van der Waals surface area contributed by atoms with Gasteiger partial charge < -0.3 is 14.5 Å². The number of hydrogen-bond acceptors (Lipinski definition) is 4. The molecule has 0 aliphatic carbocycles. The van der Waals surface area contributed by atoms with Crippen LogP contribution in [0.15, 0.2) is 59.1 Å². The van der Waals surface area contributed by atoms with Crippen molar-refractivity contribution in [2.24, 2.45) is 0 Å². The quantitative estimate of drug-likeness (QED) is 0.280. The van der Waals surface area contributed by atoms with E-state index in [1.807, 2.05) is 50.2 Å². The second-order valence-electron chi connectivity index (χ2n) is 7.44. The third-order valence-electron chi connectivity index (χ3n) is 5.00. The van der Waals surface area contributed by atoms with Crippen molar-refractivity contribution in [3.63, 3.8) is 0 Å². The van der Waals surface area contributed by atoms with Crippen LogP contribution in [0.3, 0.4) is 0 Å². The molecule has 0 saturated carbocycles. The van der Waals surface area contributed by atoms with Gasteiger partial charge in [-0.05, 0) is 61.4 Å². The van der Waals surface area contributed by atoms with Gasteiger partial charge in [-0.25, -0.2) is 9.37 Å². The minimum absolute atomic E-state index is 0.308. The molecule has 4 aromatic rings. The van der Waals surface area contributed by atoms with Gasteiger partial charge in [0, 0.05) is 4.47 Å². The number of halogens is 2. The lowest BCUT2D eigenvalue weighted by Gasteiger charge is -2.14. The number of allylic oxidation sites excluding steroid dienone is 1. The van der Waals surface area contributed by atoms with E-state index in [-0.39, 0.29) is 5.82 Å². The van der Waals surface area contributed by atoms with Crippen molar-refractivity contribution in [2.45, 2.75) is 20.5 Å². The highest BCUT2D eigenvalue weighted by atomic mass is 79.9. The monoisotopic (exact) mass is 505 g/mol. The van der Waals surface area contributed by atoms with Gasteiger partial charge in [-0.3, -0.25) is 0 Å². The predicted octanol–water partition coefficient (Wildman–Crippen LogP) is 6.81. The molecule has 0 radical (unpaired) electrons. The summed E-state index contributed by atoms with van der Waals surface area (Å²) in [5.74, 6) is 1.16. The van der Waals surface area contributed by atoms with E-state index in [2.05, 4.69) is 32.0 Å². The lowest BCUT2D eigenvalue weighted by atomic mass is 10.1. The Balaban J connectivity index is 1.65. The third-order valence-corrected chi connectivity index (χ3v) is 5.68. The Bertz CT molecular complexity index is 1370. The predicted molar refractivity (Wildman–Crippen MR) is 130 cm³/mol. The summed E-state index contributed by atoms with van der Waals surface area (Å²) in [5.41, 5.74) is 4.39. The third kappa shape index (κ3) is 5.24. The van der Waals surface area contributed by atoms with Gasteiger partial charge >= 0.3 is 0 Å². The molecule has 7 heteroatoms. The number of rotatable bonds is 7. The van der Waals surface area contributed by atoms with Gasteiger partial charge in [-0.2, -0.15) is 5.26 Å². The standard InChI is InChI=1S/C26H21BrFN3O2/c1-3-32-24-11-18(21(27)13-25(24)33-15-17-6-4-16(2)5-7-17)10-19(14-29)26-30-22-9-8-20(28)12-23(22)31-26/h4-13H,3,15H2,1-2H3,(H,30,31)/b19-10-. The summed E-state index contributed by atoms with van der Waals surface area (Å²) in [5, 5.41) is 9.74. The van der Waals surface area contributed by atoms with Crippen LogP contribution in [0.25, 0.3) is 22.7 Å². The molecule has 1 N–H and O–H groups in total. The molecule has 3 aromatic carbocycles. The number of aromatic nitrogens is 2. The van der Waals surface area contributed by atoms with E-state index >= 15 is 0 Å². The molecule has 166 valence electrons. The molecule has 0 fully saturated rings. The van der Waals surface area contributed by atoms with Gasteiger partial charge in [-0.1, -0.05) is 45.8 Å². The molecular weight excluding hydrogens is 485 g/mol. The number of H-pyrrole nitrogens is 1. The first kappa shape index (κ1) is 22.6. The van der Waals surface area contributed by atoms with Crippen LogP contribution in [0.1, 0.15) is 29.4 Å². The van der Waals surface area contributed by atoms with Gasteiger partial charge in [0.25, 0.3) is 0 Å². The summed E-state index contributed by atoms with van der Waals surface area (Å²) in [6.45, 7) is 4.81. The smallest absolute Gasteiger partial charge is 0.162 e. The lowest BCUT2D eigenvalue weighted by molar-refractivity contribution is 0.269. The first-order valence-corrected chi connectivity index (χ1v) is 11.2. The molecule has 1 heterocycles. The van der Waals surface area contributed by atoms with Crippen LogP contribution in [-0.2, 0) is 6.61 Å². The molecule has 0 spiro atoms. The van der Waals surface area contributed by atoms with Gasteiger partial charge in [0.15, 0.2) is 11.5 Å². The average Bonchev–Trinajstić information content (AvgIpc) is 3.22. The normalized spacial score (nSPS) is 11.4. The molecule has 5 nitrogen and oxygen atoms in total. The molecule has 0 bridgehead atoms. The number of benzene rings is 3. The Labute approximate surface area is 199 Å². The molecular formula is C26H21BrFN3O2. The van der Waals surface area contributed by atoms with Crippen molar-refractivity contribution in [1.29, 1.82) is 5.26 Å². The molecule has 0 aliphatic heterocycles. The summed E-state index contributed by atoms with van der Waals surface area (Å²) >= 11 is 3.57. The van der Waals surface area contributed by atoms with Crippen molar-refractivity contribution in [2.75, 3.05) is 6.61 Å². The van der Waals surface area contributed by atoms with Crippen LogP contribution < -0.4 is 9.47 Å². The number of hydrogen-bond donors (Lipinski definition) is 1. The number of aromatic amines is 1. The Morgan fingerprint density at radius 1 is 1.12 bits per heavy atom. The van der Waals surface area contributed by atoms with Gasteiger partial charge in [-0.15, -0.1) is 0 Å². The van der Waals surface area contributed by atoms with Crippen LogP contribution in [0, 0.1) is 24.1 Å². The highest BCUT2D eigenvalue weighted by molar-refractivity contribution is 9.10. The van der Waals surface area contributed by atoms with E-state index in [0.717, 1.165) is 15.6 Å². The highest BCUT2D eigenvalue weighted by Gasteiger charge is 2.14. The molecule has 0 unspecified atom stereocenters. The second-order valence-corrected chi connectivity index (χ2v) is 8.30. The number of nitriles is 1. The zero-order valence-electron chi connectivity index (χ0n) is 18.2. The van der Waals surface area contributed by atoms with E-state index in [4.69, 9.17) is 9.47 Å². The van der Waals surface area contributed by atoms with Gasteiger partial charge in [0.05, 0.1) is 23.2 Å². The van der Waals surface area contributed by atoms with Crippen molar-refractivity contribution in [3.05, 3.63) is 87.4 Å². The fourth-order valence-electron chi connectivity index (χ4n) is 3.31. The van der Waals surface area contributed by atoms with E-state index in [9.17, 15) is 9.65 Å². The highest BCUT2D eigenvalue weighted by Crippen LogP contribution is 2.36. The van der Waals surface area contributed by atoms with Crippen molar-refractivity contribution < 1.29 is 13.9 Å². The number of fused-ring (bicyclic) bond motifs is 1. The number of aryl methyl sites for hydroxylation is 1. The summed E-state index contributed by atoms with van der Waals surface area (Å²) < 4.78 is 26.1. The van der Waals surface area contributed by atoms with Crippen molar-refractivity contribution in [1.82, 2.24) is 9.97 Å². The molecule has 4 rings (SSSR count). The first-order valence-electron chi connectivity index (χ1n) is 10.4. The molecule has 1 aromatic heterocycles. The minimum atomic E-state index is -0.370. The first-order chi connectivity index (χ1) is 16.0. The fraction of sp³-hybridized carbons (Fsp3) is 0.154. The Morgan fingerprint density at radius 3 is 2.61 bits per heavy atom. The zero-order valence-corrected chi connectivity index (χ0v) is 19.7. The van der Waals surface area contributed by atoms with E-state index < -0.39 is 0 Å². The Hall–Kier alpha value is -3.63. The average molecular weight is 506 g/mol. The summed E-state index contributed by atoms with van der Waals surface area (Å²) in [6.07, 6.45) is 1.70. The van der Waals surface area contributed by atoms with E-state index in [1.165, 1.54) is 17.7 Å². The van der Waals surface area contributed by atoms with Crippen LogP contribution >= 0.6 is 15.9 Å². The molecule has 0 saturated heterocycles. The lowest BCUT2D eigenvalue weighted by Crippen LogP contribution is -2.00. The molecule has 0 amide bonds. The summed E-state index contributed by atoms with van der Waals surface area (Å²) in [6, 6.07) is 18.2. The number of imidazole rings is 1. The van der Waals surface area contributed by atoms with E-state index in [0.29, 0.717) is 47.1 Å². The van der Waals surface area contributed by atoms with Gasteiger partial charge in [0.1, 0.15) is 24.3 Å². The number of ether oxygens (including phenoxy) is 2. The van der Waals surface area contributed by atoms with Crippen molar-refractivity contribution >= 4 is 38.6 Å². The maximum atomic E-state index is 13.5. The van der Waals surface area contributed by atoms with E-state index in [1.54, 1.807) is 12.1 Å². The summed E-state index contributed by atoms with van der Waals surface area (Å²) in [7, 11) is 0. The van der Waals surface area contributed by atoms with Crippen LogP contribution in [0.4, 0.5) is 4.39 Å². The largest absolute Gasteiger partial charge is 0.490 e. The molecule has 0 atom stereocenters. The topological polar surface area (TPSA) is 70.9 Å². The van der Waals surface area contributed by atoms with Crippen LogP contribution in [0.2, 0.25) is 0 Å². The van der Waals surface area contributed by atoms with Crippen molar-refractivity contribution in [3.8, 4) is 17.6 Å². The maximum absolute atomic E-state index is 13.5. The van der Waals surface area contributed by atoms with Crippen LogP contribution in [-0.4, -0.2) is 16.6 Å². The summed E-state index contributed by atoms with van der Waals surface area (Å²) in [4.78, 5) is 7.42. The Kier molecular flexibility index (Phi) is 6.76. The zero-order chi connectivity index (χ0) is 23.4. The van der Waals surface area contributed by atoms with Crippen LogP contribution in [0.5, 0.6) is 11.5 Å². The number of nitrogens with one attached hydrogen (secondary N) is 1. The van der Waals surface area contributed by atoms with Gasteiger partial charge in [0.2, 0.25) is 0 Å². The second kappa shape index (κ2) is 9.88. The maximum Gasteiger partial charge on any atom is 0.162 e. The molecule has 33 heavy (non-hydrogen) atoms. The molecule has 0 aliphatic rings. The minimum Gasteiger partial charge on any atom is -0.490 e. The fourth-order valence-corrected chi connectivity index (χ4v) is 3.74. The Morgan fingerprint density at radius 2 is 1.88 bits per heavy atom. The number of nitrogens with zero attached hydrogens (tertiary/aromatic N) is 2. The SMILES string of the molecule is CCOc1cc(/C=C(/C#N)c2nc3ccc(F)cc3[nH]2)c(Br)cc1OCc1ccc(C)cc1.